The number of hydrogen-bond donors (Lipinski definition) is 3. The number of aliphatic hydroxyl groups excluding tert-OH is 2. The average molecular weight is 485 g/mol. The Morgan fingerprint density at radius 3 is 2.41 bits per heavy atom. The van der Waals surface area contributed by atoms with Crippen molar-refractivity contribution in [3.8, 4) is 26.9 Å². The van der Waals surface area contributed by atoms with Crippen LogP contribution in [0, 0.1) is 13.8 Å². The number of ether oxygens (including phenoxy) is 1. The van der Waals surface area contributed by atoms with Crippen molar-refractivity contribution < 1.29 is 19.7 Å². The molecule has 3 N–H and O–H groups in total. The molecule has 34 heavy (non-hydrogen) atoms. The number of hydrogen-bond acceptors (Lipinski definition) is 8. The summed E-state index contributed by atoms with van der Waals surface area (Å²) in [5, 5.41) is 31.8. The third kappa shape index (κ3) is 6.37. The molecule has 1 amide bonds. The quantitative estimate of drug-likeness (QED) is 0.404. The van der Waals surface area contributed by atoms with Crippen LogP contribution in [0.25, 0.3) is 21.1 Å². The van der Waals surface area contributed by atoms with Gasteiger partial charge in [0.25, 0.3) is 0 Å². The number of pyridine rings is 1. The van der Waals surface area contributed by atoms with Crippen molar-refractivity contribution in [1.29, 1.82) is 0 Å². The fourth-order valence-corrected chi connectivity index (χ4v) is 4.35. The van der Waals surface area contributed by atoms with Crippen LogP contribution in [-0.2, 0) is 11.2 Å². The van der Waals surface area contributed by atoms with Crippen molar-refractivity contribution in [1.82, 2.24) is 20.5 Å². The van der Waals surface area contributed by atoms with Crippen molar-refractivity contribution >= 4 is 17.2 Å². The first-order valence-electron chi connectivity index (χ1n) is 11.4. The molecule has 2 aromatic heterocycles. The third-order valence-electron chi connectivity index (χ3n) is 5.31. The van der Waals surface area contributed by atoms with E-state index in [9.17, 15) is 9.90 Å². The van der Waals surface area contributed by atoms with Crippen molar-refractivity contribution in [3.63, 3.8) is 0 Å². The summed E-state index contributed by atoms with van der Waals surface area (Å²) in [7, 11) is 0. The van der Waals surface area contributed by atoms with Gasteiger partial charge in [0.2, 0.25) is 5.91 Å². The van der Waals surface area contributed by atoms with Gasteiger partial charge >= 0.3 is 0 Å². The first-order chi connectivity index (χ1) is 16.2. The van der Waals surface area contributed by atoms with Crippen LogP contribution in [0.4, 0.5) is 0 Å². The van der Waals surface area contributed by atoms with Gasteiger partial charge in [-0.25, -0.2) is 0 Å². The first-order valence-corrected chi connectivity index (χ1v) is 12.2. The number of nitrogens with one attached hydrogen (secondary N) is 1. The lowest BCUT2D eigenvalue weighted by Gasteiger charge is -2.17. The van der Waals surface area contributed by atoms with E-state index in [-0.39, 0.29) is 13.2 Å². The van der Waals surface area contributed by atoms with E-state index in [0.29, 0.717) is 5.92 Å². The van der Waals surface area contributed by atoms with Gasteiger partial charge in [0.1, 0.15) is 35.1 Å². The van der Waals surface area contributed by atoms with Crippen LogP contribution in [0.2, 0.25) is 0 Å². The summed E-state index contributed by atoms with van der Waals surface area (Å²) in [4.78, 5) is 15.8. The van der Waals surface area contributed by atoms with Crippen molar-refractivity contribution in [2.45, 2.75) is 53.1 Å². The summed E-state index contributed by atoms with van der Waals surface area (Å²) >= 11 is 1.54. The monoisotopic (exact) mass is 484 g/mol. The van der Waals surface area contributed by atoms with Crippen LogP contribution >= 0.6 is 11.3 Å². The van der Waals surface area contributed by atoms with E-state index in [1.807, 2.05) is 39.0 Å². The van der Waals surface area contributed by atoms with Crippen LogP contribution in [0.15, 0.2) is 24.3 Å². The Hall–Kier alpha value is -2.88. The molecule has 1 atom stereocenters. The lowest BCUT2D eigenvalue weighted by molar-refractivity contribution is -0.124. The molecular formula is C25H32N4O4S. The molecule has 8 nitrogen and oxygen atoms in total. The fourth-order valence-electron chi connectivity index (χ4n) is 3.54. The molecule has 0 aliphatic carbocycles. The maximum atomic E-state index is 11.1. The summed E-state index contributed by atoms with van der Waals surface area (Å²) in [6.07, 6.45) is -0.140. The number of carbonyl (C=O) groups is 1. The zero-order valence-corrected chi connectivity index (χ0v) is 21.1. The van der Waals surface area contributed by atoms with E-state index in [1.54, 1.807) is 11.3 Å². The van der Waals surface area contributed by atoms with Gasteiger partial charge in [0.05, 0.1) is 0 Å². The summed E-state index contributed by atoms with van der Waals surface area (Å²) < 4.78 is 5.90. The Balaban J connectivity index is 1.80. The lowest BCUT2D eigenvalue weighted by atomic mass is 10.0. The predicted molar refractivity (Wildman–Crippen MR) is 133 cm³/mol. The van der Waals surface area contributed by atoms with E-state index in [4.69, 9.17) is 9.84 Å². The topological polar surface area (TPSA) is 117 Å². The van der Waals surface area contributed by atoms with Crippen molar-refractivity contribution in [3.05, 3.63) is 46.8 Å². The fraction of sp³-hybridized carbons (Fsp3) is 0.440. The van der Waals surface area contributed by atoms with Gasteiger partial charge in [-0.3, -0.25) is 9.78 Å². The van der Waals surface area contributed by atoms with Gasteiger partial charge in [0, 0.05) is 29.1 Å². The van der Waals surface area contributed by atoms with Gasteiger partial charge in [0.15, 0.2) is 0 Å². The van der Waals surface area contributed by atoms with Crippen LogP contribution < -0.4 is 10.1 Å². The average Bonchev–Trinajstić information content (AvgIpc) is 3.31. The first kappa shape index (κ1) is 25.7. The van der Waals surface area contributed by atoms with Crippen LogP contribution in [0.3, 0.4) is 0 Å². The lowest BCUT2D eigenvalue weighted by Crippen LogP contribution is -2.36. The predicted octanol–water partition coefficient (Wildman–Crippen LogP) is 3.42. The molecule has 1 aromatic carbocycles. The second kappa shape index (κ2) is 11.5. The number of amides is 1. The molecule has 1 unspecified atom stereocenters. The minimum absolute atomic E-state index is 0.0124. The van der Waals surface area contributed by atoms with Crippen LogP contribution in [0.5, 0.6) is 5.75 Å². The Morgan fingerprint density at radius 1 is 1.12 bits per heavy atom. The summed E-state index contributed by atoms with van der Waals surface area (Å²) in [6.45, 7) is 9.67. The van der Waals surface area contributed by atoms with E-state index in [1.165, 1.54) is 0 Å². The highest BCUT2D eigenvalue weighted by molar-refractivity contribution is 7.17. The largest absolute Gasteiger partial charge is 0.490 e. The molecule has 182 valence electrons. The molecule has 0 fully saturated rings. The number of aliphatic hydroxyl groups is 2. The number of carbonyl (C=O) groups excluding carboxylic acids is 1. The van der Waals surface area contributed by atoms with E-state index in [0.717, 1.165) is 55.8 Å². The normalized spacial score (nSPS) is 12.1. The summed E-state index contributed by atoms with van der Waals surface area (Å²) in [5.41, 5.74) is 5.92. The molecule has 3 aromatic rings. The van der Waals surface area contributed by atoms with Gasteiger partial charge in [-0.1, -0.05) is 32.1 Å². The highest BCUT2D eigenvalue weighted by Crippen LogP contribution is 2.35. The van der Waals surface area contributed by atoms with Crippen LogP contribution in [0.1, 0.15) is 49.2 Å². The van der Waals surface area contributed by atoms with Gasteiger partial charge in [-0.15, -0.1) is 10.2 Å². The molecular weight excluding hydrogens is 452 g/mol. The van der Waals surface area contributed by atoms with Gasteiger partial charge < -0.3 is 20.3 Å². The Labute approximate surface area is 204 Å². The minimum Gasteiger partial charge on any atom is -0.490 e. The standard InChI is InChI=1S/C25H32N4O4S/c1-6-17-9-18(7-15(4)23(17)33-13-20(31)11-26-22(32)12-30)24-28-29-25(34-24)19-8-16(5)27-21(10-19)14(2)3/h7-10,14,20,30-31H,6,11-13H2,1-5H3,(H,26,32). The van der Waals surface area contributed by atoms with Crippen LogP contribution in [-0.4, -0.2) is 57.2 Å². The SMILES string of the molecule is CCc1cc(-c2nnc(-c3cc(C)nc(C(C)C)c3)s2)cc(C)c1OCC(O)CNC(=O)CO. The molecule has 0 saturated carbocycles. The highest BCUT2D eigenvalue weighted by atomic mass is 32.1. The molecule has 0 bridgehead atoms. The number of nitrogens with zero attached hydrogens (tertiary/aromatic N) is 3. The Morgan fingerprint density at radius 2 is 1.79 bits per heavy atom. The molecule has 0 aliphatic heterocycles. The number of rotatable bonds is 10. The van der Waals surface area contributed by atoms with Crippen molar-refractivity contribution in [2.24, 2.45) is 0 Å². The van der Waals surface area contributed by atoms with Gasteiger partial charge in [-0.05, 0) is 61.6 Å². The smallest absolute Gasteiger partial charge is 0.245 e. The maximum Gasteiger partial charge on any atom is 0.245 e. The number of aromatic nitrogens is 3. The third-order valence-corrected chi connectivity index (χ3v) is 6.34. The molecule has 0 aliphatic rings. The minimum atomic E-state index is -0.885. The number of aryl methyl sites for hydroxylation is 3. The molecule has 0 radical (unpaired) electrons. The molecule has 0 saturated heterocycles. The second-order valence-corrected chi connectivity index (χ2v) is 9.53. The van der Waals surface area contributed by atoms with E-state index >= 15 is 0 Å². The highest BCUT2D eigenvalue weighted by Gasteiger charge is 2.16. The van der Waals surface area contributed by atoms with E-state index < -0.39 is 18.6 Å². The molecule has 3 rings (SSSR count). The summed E-state index contributed by atoms with van der Waals surface area (Å²) in [5.74, 6) is 0.514. The van der Waals surface area contributed by atoms with Crippen molar-refractivity contribution in [2.75, 3.05) is 19.8 Å². The van der Waals surface area contributed by atoms with E-state index in [2.05, 4.69) is 40.4 Å². The summed E-state index contributed by atoms with van der Waals surface area (Å²) in [6, 6.07) is 8.17. The molecule has 0 spiro atoms. The maximum absolute atomic E-state index is 11.1. The molecule has 2 heterocycles. The Kier molecular flexibility index (Phi) is 8.71. The second-order valence-electron chi connectivity index (χ2n) is 8.55. The Bertz CT molecular complexity index is 1150. The zero-order valence-electron chi connectivity index (χ0n) is 20.3. The zero-order chi connectivity index (χ0) is 24.8. The number of benzene rings is 1. The van der Waals surface area contributed by atoms with Gasteiger partial charge in [-0.2, -0.15) is 0 Å². The molecule has 9 heteroatoms.